The van der Waals surface area contributed by atoms with Crippen LogP contribution in [0, 0.1) is 5.92 Å². The van der Waals surface area contributed by atoms with Crippen molar-refractivity contribution in [2.75, 3.05) is 19.7 Å². The zero-order valence-electron chi connectivity index (χ0n) is 15.3. The van der Waals surface area contributed by atoms with Crippen LogP contribution < -0.4 is 10.1 Å². The Bertz CT molecular complexity index is 803. The maximum atomic E-state index is 12.4. The Morgan fingerprint density at radius 2 is 1.96 bits per heavy atom. The van der Waals surface area contributed by atoms with Crippen molar-refractivity contribution in [3.8, 4) is 5.75 Å². The molecular formula is C20H22Cl2N2O4. The SMILES string of the molecule is O=C(NCc1ccco1)C1CCN(C(=O)CCOc2cccc(Cl)c2Cl)CC1. The van der Waals surface area contributed by atoms with Gasteiger partial charge in [0.1, 0.15) is 16.5 Å². The number of rotatable bonds is 7. The van der Waals surface area contributed by atoms with Crippen LogP contribution in [0.4, 0.5) is 0 Å². The van der Waals surface area contributed by atoms with Gasteiger partial charge in [-0.25, -0.2) is 0 Å². The molecule has 1 aromatic carbocycles. The van der Waals surface area contributed by atoms with Crippen molar-refractivity contribution >= 4 is 35.0 Å². The van der Waals surface area contributed by atoms with E-state index >= 15 is 0 Å². The molecule has 0 unspecified atom stereocenters. The fourth-order valence-corrected chi connectivity index (χ4v) is 3.47. The van der Waals surface area contributed by atoms with Crippen molar-refractivity contribution in [3.63, 3.8) is 0 Å². The summed E-state index contributed by atoms with van der Waals surface area (Å²) in [6, 6.07) is 8.74. The lowest BCUT2D eigenvalue weighted by molar-refractivity contribution is -0.136. The maximum Gasteiger partial charge on any atom is 0.225 e. The van der Waals surface area contributed by atoms with Gasteiger partial charge in [0.25, 0.3) is 0 Å². The third-order valence-electron chi connectivity index (χ3n) is 4.73. The fraction of sp³-hybridized carbons (Fsp3) is 0.400. The van der Waals surface area contributed by atoms with E-state index in [-0.39, 0.29) is 30.8 Å². The second-order valence-electron chi connectivity index (χ2n) is 6.60. The molecule has 1 aliphatic rings. The first-order valence-corrected chi connectivity index (χ1v) is 9.95. The number of ether oxygens (including phenoxy) is 1. The Hall–Kier alpha value is -2.18. The number of nitrogens with zero attached hydrogens (tertiary/aromatic N) is 1. The van der Waals surface area contributed by atoms with Gasteiger partial charge in [-0.1, -0.05) is 29.3 Å². The molecule has 6 nitrogen and oxygen atoms in total. The minimum atomic E-state index is -0.0828. The van der Waals surface area contributed by atoms with Crippen LogP contribution >= 0.6 is 23.2 Å². The highest BCUT2D eigenvalue weighted by molar-refractivity contribution is 6.42. The molecule has 0 atom stereocenters. The van der Waals surface area contributed by atoms with Crippen LogP contribution in [0.2, 0.25) is 10.0 Å². The number of nitrogens with one attached hydrogen (secondary N) is 1. The summed E-state index contributed by atoms with van der Waals surface area (Å²) in [7, 11) is 0. The highest BCUT2D eigenvalue weighted by Crippen LogP contribution is 2.31. The number of carbonyl (C=O) groups excluding carboxylic acids is 2. The van der Waals surface area contributed by atoms with Gasteiger partial charge in [0.15, 0.2) is 0 Å². The van der Waals surface area contributed by atoms with Crippen LogP contribution in [0.3, 0.4) is 0 Å². The standard InChI is InChI=1S/C20H22Cl2N2O4/c21-16-4-1-5-17(19(16)22)28-12-8-18(25)24-9-6-14(7-10-24)20(26)23-13-15-3-2-11-27-15/h1-5,11,14H,6-10,12-13H2,(H,23,26). The second kappa shape index (κ2) is 9.85. The van der Waals surface area contributed by atoms with Crippen LogP contribution in [0.1, 0.15) is 25.0 Å². The Kier molecular flexibility index (Phi) is 7.23. The lowest BCUT2D eigenvalue weighted by Crippen LogP contribution is -2.43. The van der Waals surface area contributed by atoms with Gasteiger partial charge in [0.05, 0.1) is 30.9 Å². The summed E-state index contributed by atoms with van der Waals surface area (Å²) in [4.78, 5) is 26.4. The molecule has 1 aliphatic heterocycles. The molecule has 0 bridgehead atoms. The van der Waals surface area contributed by atoms with E-state index in [4.69, 9.17) is 32.4 Å². The zero-order chi connectivity index (χ0) is 19.9. The molecule has 2 amide bonds. The first kappa shape index (κ1) is 20.6. The molecule has 3 rings (SSSR count). The van der Waals surface area contributed by atoms with Crippen LogP contribution in [0.25, 0.3) is 0 Å². The minimum Gasteiger partial charge on any atom is -0.491 e. The molecule has 0 saturated carbocycles. The van der Waals surface area contributed by atoms with Crippen LogP contribution in [0.5, 0.6) is 5.75 Å². The van der Waals surface area contributed by atoms with E-state index in [1.165, 1.54) is 0 Å². The average molecular weight is 425 g/mol. The van der Waals surface area contributed by atoms with Crippen molar-refractivity contribution in [1.82, 2.24) is 10.2 Å². The summed E-state index contributed by atoms with van der Waals surface area (Å²) in [6.45, 7) is 1.74. The van der Waals surface area contributed by atoms with E-state index in [2.05, 4.69) is 5.32 Å². The van der Waals surface area contributed by atoms with Gasteiger partial charge in [0.2, 0.25) is 11.8 Å². The second-order valence-corrected chi connectivity index (χ2v) is 7.39. The molecule has 150 valence electrons. The number of likely N-dealkylation sites (tertiary alicyclic amines) is 1. The van der Waals surface area contributed by atoms with Gasteiger partial charge in [0, 0.05) is 19.0 Å². The summed E-state index contributed by atoms with van der Waals surface area (Å²) < 4.78 is 10.8. The fourth-order valence-electron chi connectivity index (χ4n) is 3.12. The summed E-state index contributed by atoms with van der Waals surface area (Å²) in [5.74, 6) is 1.12. The molecule has 28 heavy (non-hydrogen) atoms. The number of hydrogen-bond acceptors (Lipinski definition) is 4. The van der Waals surface area contributed by atoms with Crippen molar-refractivity contribution in [1.29, 1.82) is 0 Å². The van der Waals surface area contributed by atoms with Gasteiger partial charge in [-0.2, -0.15) is 0 Å². The van der Waals surface area contributed by atoms with Crippen molar-refractivity contribution in [2.45, 2.75) is 25.8 Å². The first-order chi connectivity index (χ1) is 13.5. The van der Waals surface area contributed by atoms with E-state index in [1.807, 2.05) is 6.07 Å². The Labute approximate surface area is 173 Å². The molecule has 1 saturated heterocycles. The van der Waals surface area contributed by atoms with Crippen LogP contribution in [0.15, 0.2) is 41.0 Å². The molecule has 1 N–H and O–H groups in total. The predicted molar refractivity (Wildman–Crippen MR) is 106 cm³/mol. The number of hydrogen-bond donors (Lipinski definition) is 1. The van der Waals surface area contributed by atoms with E-state index in [0.717, 1.165) is 5.76 Å². The smallest absolute Gasteiger partial charge is 0.225 e. The minimum absolute atomic E-state index is 0.00225. The van der Waals surface area contributed by atoms with Crippen molar-refractivity contribution in [3.05, 3.63) is 52.4 Å². The molecule has 2 heterocycles. The predicted octanol–water partition coefficient (Wildman–Crippen LogP) is 3.91. The van der Waals surface area contributed by atoms with Crippen molar-refractivity contribution < 1.29 is 18.7 Å². The quantitative estimate of drug-likeness (QED) is 0.730. The van der Waals surface area contributed by atoms with Gasteiger partial charge in [-0.3, -0.25) is 9.59 Å². The van der Waals surface area contributed by atoms with E-state index in [9.17, 15) is 9.59 Å². The number of furan rings is 1. The van der Waals surface area contributed by atoms with Crippen LogP contribution in [-0.2, 0) is 16.1 Å². The van der Waals surface area contributed by atoms with Gasteiger partial charge in [-0.05, 0) is 37.1 Å². The number of benzene rings is 1. The number of piperidine rings is 1. The molecule has 1 aromatic heterocycles. The topological polar surface area (TPSA) is 71.8 Å². The Morgan fingerprint density at radius 1 is 1.18 bits per heavy atom. The highest BCUT2D eigenvalue weighted by atomic mass is 35.5. The van der Waals surface area contributed by atoms with Crippen LogP contribution in [-0.4, -0.2) is 36.4 Å². The summed E-state index contributed by atoms with van der Waals surface area (Å²) >= 11 is 12.0. The highest BCUT2D eigenvalue weighted by Gasteiger charge is 2.27. The number of carbonyl (C=O) groups is 2. The number of halogens is 2. The third-order valence-corrected chi connectivity index (χ3v) is 5.53. The molecular weight excluding hydrogens is 403 g/mol. The van der Waals surface area contributed by atoms with Gasteiger partial charge >= 0.3 is 0 Å². The normalized spacial score (nSPS) is 14.7. The van der Waals surface area contributed by atoms with E-state index < -0.39 is 0 Å². The Morgan fingerprint density at radius 3 is 2.68 bits per heavy atom. The molecule has 0 radical (unpaired) electrons. The lowest BCUT2D eigenvalue weighted by Gasteiger charge is -2.31. The van der Waals surface area contributed by atoms with E-state index in [0.29, 0.717) is 48.3 Å². The van der Waals surface area contributed by atoms with Gasteiger partial charge in [-0.15, -0.1) is 0 Å². The summed E-state index contributed by atoms with van der Waals surface area (Å²) in [5, 5.41) is 3.64. The molecule has 0 aliphatic carbocycles. The molecule has 2 aromatic rings. The largest absolute Gasteiger partial charge is 0.491 e. The maximum absolute atomic E-state index is 12.4. The van der Waals surface area contributed by atoms with Gasteiger partial charge < -0.3 is 19.4 Å². The molecule has 1 fully saturated rings. The monoisotopic (exact) mass is 424 g/mol. The average Bonchev–Trinajstić information content (AvgIpc) is 3.23. The summed E-state index contributed by atoms with van der Waals surface area (Å²) in [5.41, 5.74) is 0. The Balaban J connectivity index is 1.37. The first-order valence-electron chi connectivity index (χ1n) is 9.19. The molecule has 8 heteroatoms. The lowest BCUT2D eigenvalue weighted by atomic mass is 9.95. The molecule has 0 spiro atoms. The van der Waals surface area contributed by atoms with E-state index in [1.54, 1.807) is 35.4 Å². The zero-order valence-corrected chi connectivity index (χ0v) is 16.8. The summed E-state index contributed by atoms with van der Waals surface area (Å²) in [6.07, 6.45) is 3.13. The third kappa shape index (κ3) is 5.42. The van der Waals surface area contributed by atoms with Crippen molar-refractivity contribution in [2.24, 2.45) is 5.92 Å². The number of amides is 2.